The van der Waals surface area contributed by atoms with Crippen molar-refractivity contribution in [3.05, 3.63) is 11.9 Å². The Bertz CT molecular complexity index is 357. The summed E-state index contributed by atoms with van der Waals surface area (Å²) >= 11 is 0. The summed E-state index contributed by atoms with van der Waals surface area (Å²) in [6, 6.07) is 1.74. The van der Waals surface area contributed by atoms with E-state index in [1.807, 2.05) is 0 Å². The van der Waals surface area contributed by atoms with E-state index in [1.54, 1.807) is 6.07 Å². The van der Waals surface area contributed by atoms with Crippen LogP contribution in [0.4, 0.5) is 5.82 Å². The second-order valence-corrected chi connectivity index (χ2v) is 4.66. The van der Waals surface area contributed by atoms with E-state index in [0.717, 1.165) is 25.1 Å². The summed E-state index contributed by atoms with van der Waals surface area (Å²) in [4.78, 5) is 8.66. The Morgan fingerprint density at radius 2 is 1.89 bits per heavy atom. The Morgan fingerprint density at radius 1 is 1.11 bits per heavy atom. The van der Waals surface area contributed by atoms with E-state index < -0.39 is 0 Å². The van der Waals surface area contributed by atoms with Gasteiger partial charge < -0.3 is 10.2 Å². The van der Waals surface area contributed by atoms with Gasteiger partial charge in [-0.2, -0.15) is 4.98 Å². The third-order valence-electron chi connectivity index (χ3n) is 2.87. The molecule has 19 heavy (non-hydrogen) atoms. The maximum atomic E-state index is 5.67. The van der Waals surface area contributed by atoms with Gasteiger partial charge in [0.25, 0.3) is 0 Å². The first-order valence-corrected chi connectivity index (χ1v) is 7.27. The van der Waals surface area contributed by atoms with Crippen molar-refractivity contribution < 1.29 is 4.74 Å². The van der Waals surface area contributed by atoms with Gasteiger partial charge >= 0.3 is 0 Å². The molecule has 1 rings (SSSR count). The number of ether oxygens (including phenoxy) is 1. The second-order valence-electron chi connectivity index (χ2n) is 4.66. The summed E-state index contributed by atoms with van der Waals surface area (Å²) in [6.45, 7) is 5.02. The first-order chi connectivity index (χ1) is 9.30. The number of aryl methyl sites for hydroxylation is 1. The van der Waals surface area contributed by atoms with E-state index in [0.29, 0.717) is 18.3 Å². The molecule has 5 heteroatoms. The van der Waals surface area contributed by atoms with E-state index in [4.69, 9.17) is 10.6 Å². The van der Waals surface area contributed by atoms with Gasteiger partial charge in [-0.05, 0) is 12.8 Å². The number of nitrogens with two attached hydrogens (primary N) is 1. The number of unbranched alkanes of at least 4 members (excludes halogenated alkanes) is 4. The molecule has 0 radical (unpaired) electrons. The number of nitrogen functional groups attached to an aromatic ring is 1. The second kappa shape index (κ2) is 9.55. The number of aromatic nitrogens is 2. The minimum Gasteiger partial charge on any atom is -0.478 e. The highest BCUT2D eigenvalue weighted by Crippen LogP contribution is 2.14. The van der Waals surface area contributed by atoms with E-state index in [2.05, 4.69) is 29.2 Å². The van der Waals surface area contributed by atoms with Crippen molar-refractivity contribution in [1.82, 2.24) is 9.97 Å². The molecular formula is C14H26N4O. The molecule has 0 aliphatic heterocycles. The summed E-state index contributed by atoms with van der Waals surface area (Å²) in [5.74, 6) is 7.40. The van der Waals surface area contributed by atoms with Crippen molar-refractivity contribution in [2.24, 2.45) is 5.84 Å². The smallest absolute Gasteiger partial charge is 0.218 e. The molecular weight excluding hydrogens is 240 g/mol. The zero-order valence-electron chi connectivity index (χ0n) is 12.1. The molecule has 3 N–H and O–H groups in total. The summed E-state index contributed by atoms with van der Waals surface area (Å²) < 4.78 is 5.67. The molecule has 0 aliphatic carbocycles. The fourth-order valence-electron chi connectivity index (χ4n) is 1.84. The number of nitrogens with zero attached hydrogens (tertiary/aromatic N) is 2. The van der Waals surface area contributed by atoms with Gasteiger partial charge in [-0.3, -0.25) is 0 Å². The number of anilines is 1. The Morgan fingerprint density at radius 3 is 2.58 bits per heavy atom. The maximum Gasteiger partial charge on any atom is 0.218 e. The van der Waals surface area contributed by atoms with Crippen molar-refractivity contribution >= 4 is 5.82 Å². The number of nitrogens with one attached hydrogen (secondary N) is 1. The lowest BCUT2D eigenvalue weighted by Gasteiger charge is -2.08. The van der Waals surface area contributed by atoms with Gasteiger partial charge in [0.2, 0.25) is 5.88 Å². The Kier molecular flexibility index (Phi) is 7.89. The minimum absolute atomic E-state index is 0.611. The summed E-state index contributed by atoms with van der Waals surface area (Å²) in [5, 5.41) is 0. The largest absolute Gasteiger partial charge is 0.478 e. The zero-order chi connectivity index (χ0) is 13.9. The lowest BCUT2D eigenvalue weighted by molar-refractivity contribution is 0.292. The van der Waals surface area contributed by atoms with E-state index in [9.17, 15) is 0 Å². The molecule has 0 bridgehead atoms. The van der Waals surface area contributed by atoms with Gasteiger partial charge in [0.1, 0.15) is 11.6 Å². The molecule has 1 heterocycles. The maximum absolute atomic E-state index is 5.67. The molecule has 0 unspecified atom stereocenters. The highest BCUT2D eigenvalue weighted by atomic mass is 16.5. The first kappa shape index (κ1) is 15.7. The molecule has 1 aromatic heterocycles. The molecule has 5 nitrogen and oxygen atoms in total. The van der Waals surface area contributed by atoms with Crippen LogP contribution < -0.4 is 16.0 Å². The lowest BCUT2D eigenvalue weighted by atomic mass is 10.2. The van der Waals surface area contributed by atoms with Crippen LogP contribution in [-0.4, -0.2) is 16.6 Å². The quantitative estimate of drug-likeness (QED) is 0.387. The highest BCUT2D eigenvalue weighted by molar-refractivity contribution is 5.36. The predicted molar refractivity (Wildman–Crippen MR) is 78.1 cm³/mol. The van der Waals surface area contributed by atoms with Gasteiger partial charge in [0, 0.05) is 12.5 Å². The number of rotatable bonds is 10. The van der Waals surface area contributed by atoms with Crippen LogP contribution in [0.2, 0.25) is 0 Å². The van der Waals surface area contributed by atoms with Crippen molar-refractivity contribution in [2.45, 2.75) is 58.8 Å². The van der Waals surface area contributed by atoms with Crippen LogP contribution in [0.1, 0.15) is 58.2 Å². The average molecular weight is 266 g/mol. The molecule has 0 amide bonds. The van der Waals surface area contributed by atoms with Crippen LogP contribution >= 0.6 is 0 Å². The van der Waals surface area contributed by atoms with Gasteiger partial charge in [-0.1, -0.05) is 39.5 Å². The van der Waals surface area contributed by atoms with Crippen LogP contribution in [-0.2, 0) is 6.42 Å². The van der Waals surface area contributed by atoms with Gasteiger partial charge in [0.05, 0.1) is 6.61 Å². The first-order valence-electron chi connectivity index (χ1n) is 7.27. The summed E-state index contributed by atoms with van der Waals surface area (Å²) in [7, 11) is 0. The van der Waals surface area contributed by atoms with Crippen LogP contribution in [0, 0.1) is 0 Å². The Balaban J connectivity index is 2.41. The number of hydrogen-bond acceptors (Lipinski definition) is 5. The molecule has 0 aromatic carbocycles. The monoisotopic (exact) mass is 266 g/mol. The number of hydrazine groups is 1. The molecule has 0 saturated heterocycles. The standard InChI is InChI=1S/C14H26N4O/c1-3-5-6-7-8-10-19-14-11-13(18-15)16-12(17-14)9-4-2/h11H,3-10,15H2,1-2H3,(H,16,17,18). The Labute approximate surface area is 115 Å². The summed E-state index contributed by atoms with van der Waals surface area (Å²) in [6.07, 6.45) is 7.96. The van der Waals surface area contributed by atoms with Crippen molar-refractivity contribution in [3.8, 4) is 5.88 Å². The van der Waals surface area contributed by atoms with Gasteiger partial charge in [-0.15, -0.1) is 0 Å². The average Bonchev–Trinajstić information content (AvgIpc) is 2.43. The molecule has 0 atom stereocenters. The molecule has 0 spiro atoms. The van der Waals surface area contributed by atoms with Crippen molar-refractivity contribution in [2.75, 3.05) is 12.0 Å². The third kappa shape index (κ3) is 6.38. The van der Waals surface area contributed by atoms with Crippen LogP contribution in [0.3, 0.4) is 0 Å². The predicted octanol–water partition coefficient (Wildman–Crippen LogP) is 3.06. The Hall–Kier alpha value is -1.36. The lowest BCUT2D eigenvalue weighted by Crippen LogP contribution is -2.11. The van der Waals surface area contributed by atoms with Crippen LogP contribution in [0.25, 0.3) is 0 Å². The molecule has 1 aromatic rings. The normalized spacial score (nSPS) is 10.5. The fraction of sp³-hybridized carbons (Fsp3) is 0.714. The van der Waals surface area contributed by atoms with E-state index in [-0.39, 0.29) is 0 Å². The molecule has 0 fully saturated rings. The van der Waals surface area contributed by atoms with E-state index >= 15 is 0 Å². The van der Waals surface area contributed by atoms with Crippen LogP contribution in [0.5, 0.6) is 5.88 Å². The van der Waals surface area contributed by atoms with E-state index in [1.165, 1.54) is 25.7 Å². The summed E-state index contributed by atoms with van der Waals surface area (Å²) in [5.41, 5.74) is 2.55. The fourth-order valence-corrected chi connectivity index (χ4v) is 1.84. The van der Waals surface area contributed by atoms with Crippen LogP contribution in [0.15, 0.2) is 6.07 Å². The highest BCUT2D eigenvalue weighted by Gasteiger charge is 2.04. The van der Waals surface area contributed by atoms with Gasteiger partial charge in [-0.25, -0.2) is 10.8 Å². The molecule has 0 saturated carbocycles. The number of hydrogen-bond donors (Lipinski definition) is 2. The third-order valence-corrected chi connectivity index (χ3v) is 2.87. The molecule has 0 aliphatic rings. The van der Waals surface area contributed by atoms with Crippen molar-refractivity contribution in [1.29, 1.82) is 0 Å². The SMILES string of the molecule is CCCCCCCOc1cc(NN)nc(CCC)n1. The van der Waals surface area contributed by atoms with Crippen molar-refractivity contribution in [3.63, 3.8) is 0 Å². The zero-order valence-corrected chi connectivity index (χ0v) is 12.1. The molecule has 108 valence electrons. The minimum atomic E-state index is 0.611. The van der Waals surface area contributed by atoms with Gasteiger partial charge in [0.15, 0.2) is 0 Å². The topological polar surface area (TPSA) is 73.1 Å².